The quantitative estimate of drug-likeness (QED) is 0.683. The molecule has 0 saturated heterocycles. The minimum Gasteiger partial charge on any atom is -0.469 e. The first-order valence-corrected chi connectivity index (χ1v) is 6.05. The lowest BCUT2D eigenvalue weighted by molar-refractivity contribution is -0.141. The lowest BCUT2D eigenvalue weighted by Crippen LogP contribution is -2.18. The fraction of sp³-hybridized carbons (Fsp3) is 0.900. The number of hydrogen-bond acceptors (Lipinski definition) is 4. The van der Waals surface area contributed by atoms with Gasteiger partial charge in [-0.3, -0.25) is 4.79 Å². The van der Waals surface area contributed by atoms with Crippen molar-refractivity contribution in [2.75, 3.05) is 19.4 Å². The lowest BCUT2D eigenvalue weighted by Gasteiger charge is -2.15. The van der Waals surface area contributed by atoms with Gasteiger partial charge in [0.1, 0.15) is 0 Å². The van der Waals surface area contributed by atoms with E-state index < -0.39 is 0 Å². The van der Waals surface area contributed by atoms with Crippen molar-refractivity contribution in [2.24, 2.45) is 11.1 Å². The molecule has 0 amide bonds. The molecule has 3 nitrogen and oxygen atoms in total. The summed E-state index contributed by atoms with van der Waals surface area (Å²) in [6, 6.07) is 0. The van der Waals surface area contributed by atoms with E-state index in [1.807, 2.05) is 11.8 Å². The van der Waals surface area contributed by atoms with E-state index in [0.29, 0.717) is 18.2 Å². The van der Waals surface area contributed by atoms with Crippen molar-refractivity contribution in [3.8, 4) is 0 Å². The molecule has 0 heterocycles. The highest BCUT2D eigenvalue weighted by Gasteiger charge is 2.44. The van der Waals surface area contributed by atoms with Crippen molar-refractivity contribution >= 4 is 17.7 Å². The second kappa shape index (κ2) is 5.03. The van der Waals surface area contributed by atoms with Gasteiger partial charge >= 0.3 is 5.97 Å². The monoisotopic (exact) mass is 217 g/mol. The average molecular weight is 217 g/mol. The van der Waals surface area contributed by atoms with Crippen LogP contribution in [0.25, 0.3) is 0 Å². The predicted octanol–water partition coefficient (Wildman–Crippen LogP) is 1.41. The number of methoxy groups -OCH3 is 1. The van der Waals surface area contributed by atoms with Gasteiger partial charge in [0.25, 0.3) is 0 Å². The van der Waals surface area contributed by atoms with E-state index in [4.69, 9.17) is 5.73 Å². The summed E-state index contributed by atoms with van der Waals surface area (Å²) in [5.74, 6) is 0.962. The van der Waals surface area contributed by atoms with Gasteiger partial charge in [0.05, 0.1) is 13.5 Å². The fourth-order valence-corrected chi connectivity index (χ4v) is 2.48. The summed E-state index contributed by atoms with van der Waals surface area (Å²) in [5, 5.41) is 0.491. The Labute approximate surface area is 89.8 Å². The third-order valence-corrected chi connectivity index (χ3v) is 4.25. The average Bonchev–Trinajstić information content (AvgIpc) is 2.94. The van der Waals surface area contributed by atoms with E-state index in [-0.39, 0.29) is 11.4 Å². The van der Waals surface area contributed by atoms with Gasteiger partial charge in [-0.2, -0.15) is 11.8 Å². The van der Waals surface area contributed by atoms with Crippen LogP contribution in [0.2, 0.25) is 0 Å². The van der Waals surface area contributed by atoms with E-state index in [1.165, 1.54) is 7.11 Å². The van der Waals surface area contributed by atoms with Gasteiger partial charge in [-0.05, 0) is 24.0 Å². The van der Waals surface area contributed by atoms with Gasteiger partial charge in [0.15, 0.2) is 0 Å². The second-order valence-corrected chi connectivity index (χ2v) is 5.54. The third kappa shape index (κ3) is 3.50. The molecule has 1 saturated carbocycles. The molecule has 4 heteroatoms. The van der Waals surface area contributed by atoms with E-state index in [9.17, 15) is 4.79 Å². The van der Waals surface area contributed by atoms with Crippen molar-refractivity contribution < 1.29 is 9.53 Å². The van der Waals surface area contributed by atoms with Crippen molar-refractivity contribution in [1.82, 2.24) is 0 Å². The Hall–Kier alpha value is -0.220. The number of esters is 1. The second-order valence-electron chi connectivity index (χ2n) is 4.11. The van der Waals surface area contributed by atoms with E-state index >= 15 is 0 Å². The summed E-state index contributed by atoms with van der Waals surface area (Å²) in [4.78, 5) is 11.1. The third-order valence-electron chi connectivity index (χ3n) is 2.71. The van der Waals surface area contributed by atoms with Crippen LogP contribution in [0.15, 0.2) is 0 Å². The van der Waals surface area contributed by atoms with Gasteiger partial charge in [-0.1, -0.05) is 6.92 Å². The molecule has 0 aromatic rings. The summed E-state index contributed by atoms with van der Waals surface area (Å²) in [6.07, 6.45) is 2.90. The molecule has 1 atom stereocenters. The molecule has 0 bridgehead atoms. The zero-order valence-electron chi connectivity index (χ0n) is 8.91. The van der Waals surface area contributed by atoms with E-state index in [0.717, 1.165) is 18.6 Å². The molecule has 0 aromatic heterocycles. The van der Waals surface area contributed by atoms with Crippen LogP contribution in [0.4, 0.5) is 0 Å². The molecule has 14 heavy (non-hydrogen) atoms. The van der Waals surface area contributed by atoms with Crippen molar-refractivity contribution in [2.45, 2.75) is 31.4 Å². The van der Waals surface area contributed by atoms with Crippen LogP contribution in [0, 0.1) is 5.41 Å². The van der Waals surface area contributed by atoms with Gasteiger partial charge < -0.3 is 10.5 Å². The number of hydrogen-bond donors (Lipinski definition) is 1. The minimum absolute atomic E-state index is 0.0801. The summed E-state index contributed by atoms with van der Waals surface area (Å²) < 4.78 is 4.69. The Morgan fingerprint density at radius 3 is 2.71 bits per heavy atom. The molecule has 1 rings (SSSR count). The first-order chi connectivity index (χ1) is 6.62. The summed E-state index contributed by atoms with van der Waals surface area (Å²) >= 11 is 1.87. The van der Waals surface area contributed by atoms with Crippen LogP contribution in [-0.2, 0) is 9.53 Å². The van der Waals surface area contributed by atoms with Crippen LogP contribution >= 0.6 is 11.8 Å². The SMILES string of the molecule is COC(=O)CC1(CSC(C)CN)CC1. The summed E-state index contributed by atoms with van der Waals surface area (Å²) in [5.41, 5.74) is 5.77. The first-order valence-electron chi connectivity index (χ1n) is 5.00. The van der Waals surface area contributed by atoms with Crippen molar-refractivity contribution in [1.29, 1.82) is 0 Å². The van der Waals surface area contributed by atoms with Crippen LogP contribution in [0.1, 0.15) is 26.2 Å². The molecule has 0 radical (unpaired) electrons. The maximum absolute atomic E-state index is 11.1. The maximum atomic E-state index is 11.1. The molecular formula is C10H19NO2S. The van der Waals surface area contributed by atoms with Crippen LogP contribution in [0.5, 0.6) is 0 Å². The zero-order chi connectivity index (χ0) is 10.6. The summed E-state index contributed by atoms with van der Waals surface area (Å²) in [7, 11) is 1.45. The fourth-order valence-electron chi connectivity index (χ4n) is 1.31. The van der Waals surface area contributed by atoms with Gasteiger partial charge in [-0.25, -0.2) is 0 Å². The molecule has 1 aliphatic carbocycles. The maximum Gasteiger partial charge on any atom is 0.306 e. The van der Waals surface area contributed by atoms with Crippen molar-refractivity contribution in [3.05, 3.63) is 0 Å². The smallest absolute Gasteiger partial charge is 0.306 e. The van der Waals surface area contributed by atoms with Gasteiger partial charge in [0.2, 0.25) is 0 Å². The Morgan fingerprint density at radius 2 is 2.29 bits per heavy atom. The molecule has 0 spiro atoms. The Balaban J connectivity index is 2.25. The molecule has 1 unspecified atom stereocenters. The Bertz CT molecular complexity index is 204. The standard InChI is InChI=1S/C10H19NO2S/c1-8(6-11)14-7-10(3-4-10)5-9(12)13-2/h8H,3-7,11H2,1-2H3. The number of rotatable bonds is 6. The normalized spacial score (nSPS) is 20.2. The van der Waals surface area contributed by atoms with Crippen LogP contribution in [-0.4, -0.2) is 30.6 Å². The van der Waals surface area contributed by atoms with Crippen molar-refractivity contribution in [3.63, 3.8) is 0 Å². The van der Waals surface area contributed by atoms with Crippen LogP contribution < -0.4 is 5.73 Å². The number of nitrogens with two attached hydrogens (primary N) is 1. The van der Waals surface area contributed by atoms with E-state index in [1.54, 1.807) is 0 Å². The molecule has 0 aromatic carbocycles. The first kappa shape index (κ1) is 11.9. The highest BCUT2D eigenvalue weighted by molar-refractivity contribution is 7.99. The predicted molar refractivity (Wildman–Crippen MR) is 59.3 cm³/mol. The van der Waals surface area contributed by atoms with Gasteiger partial charge in [0, 0.05) is 11.8 Å². The topological polar surface area (TPSA) is 52.3 Å². The minimum atomic E-state index is -0.0801. The number of thioether (sulfide) groups is 1. The highest BCUT2D eigenvalue weighted by atomic mass is 32.2. The molecule has 0 aliphatic heterocycles. The molecule has 82 valence electrons. The number of carbonyl (C=O) groups is 1. The summed E-state index contributed by atoms with van der Waals surface area (Å²) in [6.45, 7) is 2.83. The van der Waals surface area contributed by atoms with Gasteiger partial charge in [-0.15, -0.1) is 0 Å². The zero-order valence-corrected chi connectivity index (χ0v) is 9.73. The Morgan fingerprint density at radius 1 is 1.64 bits per heavy atom. The largest absolute Gasteiger partial charge is 0.469 e. The van der Waals surface area contributed by atoms with E-state index in [2.05, 4.69) is 11.7 Å². The molecule has 2 N–H and O–H groups in total. The Kier molecular flexibility index (Phi) is 4.26. The molecule has 1 aliphatic rings. The number of ether oxygens (including phenoxy) is 1. The van der Waals surface area contributed by atoms with Crippen LogP contribution in [0.3, 0.4) is 0 Å². The highest BCUT2D eigenvalue weighted by Crippen LogP contribution is 2.51. The number of carbonyl (C=O) groups excluding carboxylic acids is 1. The molecule has 1 fully saturated rings. The lowest BCUT2D eigenvalue weighted by atomic mass is 10.1. The molecular weight excluding hydrogens is 198 g/mol.